The molecule has 0 spiro atoms. The summed E-state index contributed by atoms with van der Waals surface area (Å²) in [5.74, 6) is -1.10. The van der Waals surface area contributed by atoms with Crippen molar-refractivity contribution in [2.24, 2.45) is 5.92 Å². The Balaban J connectivity index is 1.90. The van der Waals surface area contributed by atoms with Gasteiger partial charge in [-0.2, -0.15) is 0 Å². The first-order chi connectivity index (χ1) is 8.16. The van der Waals surface area contributed by atoms with E-state index in [9.17, 15) is 9.59 Å². The molecule has 1 unspecified atom stereocenters. The Morgan fingerprint density at radius 2 is 2.06 bits per heavy atom. The van der Waals surface area contributed by atoms with Gasteiger partial charge in [-0.15, -0.1) is 0 Å². The molecule has 1 fully saturated rings. The molecule has 1 aliphatic rings. The number of carboxylic acids is 1. The molecule has 1 aliphatic carbocycles. The standard InChI is InChI=1S/C12H14N2O3/c15-10(7-8-3-5-13-6-4-8)14-11(12(16)17)9-1-2-9/h3-6,9,11H,1-2,7H2,(H,14,15)(H,16,17). The van der Waals surface area contributed by atoms with Crippen LogP contribution in [0.3, 0.4) is 0 Å². The van der Waals surface area contributed by atoms with E-state index in [1.807, 2.05) is 0 Å². The summed E-state index contributed by atoms with van der Waals surface area (Å²) in [5.41, 5.74) is 0.831. The van der Waals surface area contributed by atoms with E-state index >= 15 is 0 Å². The minimum atomic E-state index is -0.949. The van der Waals surface area contributed by atoms with E-state index in [-0.39, 0.29) is 18.2 Å². The number of pyridine rings is 1. The zero-order valence-electron chi connectivity index (χ0n) is 9.30. The summed E-state index contributed by atoms with van der Waals surface area (Å²) in [6, 6.07) is 2.75. The summed E-state index contributed by atoms with van der Waals surface area (Å²) < 4.78 is 0. The first kappa shape index (κ1) is 11.6. The van der Waals surface area contributed by atoms with Crippen LogP contribution in [-0.2, 0) is 16.0 Å². The van der Waals surface area contributed by atoms with E-state index in [2.05, 4.69) is 10.3 Å². The number of rotatable bonds is 5. The van der Waals surface area contributed by atoms with Crippen molar-refractivity contribution in [3.8, 4) is 0 Å². The average molecular weight is 234 g/mol. The van der Waals surface area contributed by atoms with Crippen LogP contribution >= 0.6 is 0 Å². The fourth-order valence-corrected chi connectivity index (χ4v) is 1.72. The van der Waals surface area contributed by atoms with Crippen LogP contribution in [0.2, 0.25) is 0 Å². The molecular weight excluding hydrogens is 220 g/mol. The second kappa shape index (κ2) is 4.95. The van der Waals surface area contributed by atoms with Gasteiger partial charge in [0.1, 0.15) is 6.04 Å². The Labute approximate surface area is 98.9 Å². The van der Waals surface area contributed by atoms with Crippen LogP contribution in [0.4, 0.5) is 0 Å². The highest BCUT2D eigenvalue weighted by atomic mass is 16.4. The molecule has 2 rings (SSSR count). The van der Waals surface area contributed by atoms with E-state index in [1.54, 1.807) is 24.5 Å². The lowest BCUT2D eigenvalue weighted by Gasteiger charge is -2.13. The number of hydrogen-bond donors (Lipinski definition) is 2. The Kier molecular flexibility index (Phi) is 3.37. The lowest BCUT2D eigenvalue weighted by molar-refractivity contribution is -0.142. The number of amides is 1. The summed E-state index contributed by atoms with van der Waals surface area (Å²) in [5, 5.41) is 11.5. The number of carbonyl (C=O) groups excluding carboxylic acids is 1. The number of aliphatic carboxylic acids is 1. The van der Waals surface area contributed by atoms with Gasteiger partial charge in [-0.1, -0.05) is 0 Å². The Morgan fingerprint density at radius 3 is 2.59 bits per heavy atom. The molecule has 1 amide bonds. The third-order valence-electron chi connectivity index (χ3n) is 2.79. The predicted molar refractivity (Wildman–Crippen MR) is 60.2 cm³/mol. The highest BCUT2D eigenvalue weighted by Crippen LogP contribution is 2.32. The molecule has 2 N–H and O–H groups in total. The molecule has 90 valence electrons. The molecule has 0 saturated heterocycles. The first-order valence-electron chi connectivity index (χ1n) is 5.58. The molecule has 17 heavy (non-hydrogen) atoms. The van der Waals surface area contributed by atoms with Gasteiger partial charge in [0.15, 0.2) is 0 Å². The largest absolute Gasteiger partial charge is 0.480 e. The molecule has 0 radical (unpaired) electrons. The monoisotopic (exact) mass is 234 g/mol. The van der Waals surface area contributed by atoms with E-state index < -0.39 is 12.0 Å². The number of nitrogens with zero attached hydrogens (tertiary/aromatic N) is 1. The zero-order chi connectivity index (χ0) is 12.3. The highest BCUT2D eigenvalue weighted by molar-refractivity contribution is 5.85. The number of hydrogen-bond acceptors (Lipinski definition) is 3. The first-order valence-corrected chi connectivity index (χ1v) is 5.58. The van der Waals surface area contributed by atoms with Crippen LogP contribution in [0.15, 0.2) is 24.5 Å². The van der Waals surface area contributed by atoms with Crippen molar-refractivity contribution in [2.75, 3.05) is 0 Å². The topological polar surface area (TPSA) is 79.3 Å². The minimum absolute atomic E-state index is 0.105. The second-order valence-corrected chi connectivity index (χ2v) is 4.25. The van der Waals surface area contributed by atoms with Gasteiger partial charge in [-0.3, -0.25) is 9.78 Å². The van der Waals surface area contributed by atoms with Crippen LogP contribution < -0.4 is 5.32 Å². The van der Waals surface area contributed by atoms with Crippen molar-refractivity contribution >= 4 is 11.9 Å². The van der Waals surface area contributed by atoms with Gasteiger partial charge in [-0.25, -0.2) is 4.79 Å². The Hall–Kier alpha value is -1.91. The van der Waals surface area contributed by atoms with Crippen LogP contribution in [-0.4, -0.2) is 28.0 Å². The number of carboxylic acid groups (broad SMARTS) is 1. The van der Waals surface area contributed by atoms with E-state index in [0.717, 1.165) is 18.4 Å². The molecule has 1 atom stereocenters. The van der Waals surface area contributed by atoms with Crippen molar-refractivity contribution in [2.45, 2.75) is 25.3 Å². The highest BCUT2D eigenvalue weighted by Gasteiger charge is 2.37. The SMILES string of the molecule is O=C(Cc1ccncc1)NC(C(=O)O)C1CC1. The quantitative estimate of drug-likeness (QED) is 0.782. The molecule has 5 nitrogen and oxygen atoms in total. The van der Waals surface area contributed by atoms with Crippen LogP contribution in [0, 0.1) is 5.92 Å². The molecule has 0 aromatic carbocycles. The predicted octanol–water partition coefficient (Wildman–Crippen LogP) is 0.603. The molecule has 1 aromatic rings. The third kappa shape index (κ3) is 3.27. The average Bonchev–Trinajstić information content (AvgIpc) is 3.11. The molecule has 0 aliphatic heterocycles. The smallest absolute Gasteiger partial charge is 0.326 e. The fraction of sp³-hybridized carbons (Fsp3) is 0.417. The third-order valence-corrected chi connectivity index (χ3v) is 2.79. The van der Waals surface area contributed by atoms with Crippen molar-refractivity contribution < 1.29 is 14.7 Å². The van der Waals surface area contributed by atoms with Gasteiger partial charge < -0.3 is 10.4 Å². The maximum atomic E-state index is 11.7. The molecule has 0 bridgehead atoms. The van der Waals surface area contributed by atoms with Gasteiger partial charge in [0, 0.05) is 12.4 Å². The van der Waals surface area contributed by atoms with Gasteiger partial charge in [0.25, 0.3) is 0 Å². The molecule has 1 saturated carbocycles. The Bertz CT molecular complexity index is 415. The number of carbonyl (C=O) groups is 2. The van der Waals surface area contributed by atoms with Crippen molar-refractivity contribution in [1.29, 1.82) is 0 Å². The van der Waals surface area contributed by atoms with Crippen molar-refractivity contribution in [3.63, 3.8) is 0 Å². The van der Waals surface area contributed by atoms with Crippen LogP contribution in [0.25, 0.3) is 0 Å². The van der Waals surface area contributed by atoms with Gasteiger partial charge in [-0.05, 0) is 36.5 Å². The van der Waals surface area contributed by atoms with Crippen LogP contribution in [0.5, 0.6) is 0 Å². The summed E-state index contributed by atoms with van der Waals surface area (Å²) in [6.45, 7) is 0. The van der Waals surface area contributed by atoms with Gasteiger partial charge >= 0.3 is 5.97 Å². The molecule has 5 heteroatoms. The van der Waals surface area contributed by atoms with Crippen molar-refractivity contribution in [1.82, 2.24) is 10.3 Å². The van der Waals surface area contributed by atoms with E-state index in [4.69, 9.17) is 5.11 Å². The van der Waals surface area contributed by atoms with E-state index in [1.165, 1.54) is 0 Å². The zero-order valence-corrected chi connectivity index (χ0v) is 9.30. The van der Waals surface area contributed by atoms with Gasteiger partial charge in [0.2, 0.25) is 5.91 Å². The normalized spacial score (nSPS) is 16.2. The summed E-state index contributed by atoms with van der Waals surface area (Å²) >= 11 is 0. The Morgan fingerprint density at radius 1 is 1.41 bits per heavy atom. The molecule has 1 aromatic heterocycles. The van der Waals surface area contributed by atoms with Crippen molar-refractivity contribution in [3.05, 3.63) is 30.1 Å². The summed E-state index contributed by atoms with van der Waals surface area (Å²) in [7, 11) is 0. The fourth-order valence-electron chi connectivity index (χ4n) is 1.72. The maximum absolute atomic E-state index is 11.7. The van der Waals surface area contributed by atoms with E-state index in [0.29, 0.717) is 0 Å². The molecular formula is C12H14N2O3. The molecule has 1 heterocycles. The summed E-state index contributed by atoms with van der Waals surface area (Å²) in [6.07, 6.45) is 5.17. The second-order valence-electron chi connectivity index (χ2n) is 4.25. The lowest BCUT2D eigenvalue weighted by Crippen LogP contribution is -2.43. The number of aromatic nitrogens is 1. The van der Waals surface area contributed by atoms with Crippen LogP contribution in [0.1, 0.15) is 18.4 Å². The summed E-state index contributed by atoms with van der Waals surface area (Å²) in [4.78, 5) is 26.5. The maximum Gasteiger partial charge on any atom is 0.326 e. The lowest BCUT2D eigenvalue weighted by atomic mass is 10.1. The minimum Gasteiger partial charge on any atom is -0.480 e. The van der Waals surface area contributed by atoms with Gasteiger partial charge in [0.05, 0.1) is 6.42 Å². The number of nitrogens with one attached hydrogen (secondary N) is 1.